The standard InChI is InChI=1S/C10H15N.C6H9NS.2CH4/c1-6-7(2)9(4)11-10(5)8(6)3;1-4-5(2)8-6(3)7-4;;/h1-5H3;1-3H3;2*1H4. The zero-order valence-corrected chi connectivity index (χ0v) is 14.1. The lowest BCUT2D eigenvalue weighted by atomic mass is 10.0. The van der Waals surface area contributed by atoms with Crippen molar-refractivity contribution in [1.29, 1.82) is 0 Å². The van der Waals surface area contributed by atoms with E-state index in [-0.39, 0.29) is 14.9 Å². The molecule has 2 nitrogen and oxygen atoms in total. The van der Waals surface area contributed by atoms with Crippen molar-refractivity contribution in [2.75, 3.05) is 0 Å². The molecule has 0 bridgehead atoms. The molecule has 0 saturated carbocycles. The molecule has 0 aliphatic heterocycles. The number of nitrogens with zero attached hydrogens (tertiary/aromatic N) is 2. The molecule has 3 heteroatoms. The average molecular weight is 309 g/mol. The van der Waals surface area contributed by atoms with E-state index in [0.29, 0.717) is 0 Å². The molecule has 2 aromatic rings. The second kappa shape index (κ2) is 8.93. The van der Waals surface area contributed by atoms with Gasteiger partial charge in [0.2, 0.25) is 0 Å². The van der Waals surface area contributed by atoms with Crippen molar-refractivity contribution in [3.63, 3.8) is 0 Å². The molecule has 2 aromatic heterocycles. The molecule has 0 amide bonds. The Morgan fingerprint density at radius 2 is 1.00 bits per heavy atom. The van der Waals surface area contributed by atoms with Gasteiger partial charge in [-0.25, -0.2) is 4.98 Å². The van der Waals surface area contributed by atoms with Crippen LogP contribution in [0.25, 0.3) is 0 Å². The van der Waals surface area contributed by atoms with Crippen molar-refractivity contribution in [3.8, 4) is 0 Å². The van der Waals surface area contributed by atoms with Crippen LogP contribution in [0.15, 0.2) is 0 Å². The molecule has 0 aromatic carbocycles. The maximum atomic E-state index is 4.43. The van der Waals surface area contributed by atoms with E-state index in [1.165, 1.54) is 32.3 Å². The predicted octanol–water partition coefficient (Wildman–Crippen LogP) is 5.96. The van der Waals surface area contributed by atoms with Crippen molar-refractivity contribution in [1.82, 2.24) is 9.97 Å². The molecule has 120 valence electrons. The first kappa shape index (κ1) is 22.1. The third kappa shape index (κ3) is 5.58. The minimum atomic E-state index is 0. The Kier molecular flexibility index (Phi) is 9.39. The predicted molar refractivity (Wildman–Crippen MR) is 97.7 cm³/mol. The van der Waals surface area contributed by atoms with Crippen molar-refractivity contribution in [2.45, 2.75) is 70.2 Å². The van der Waals surface area contributed by atoms with E-state index >= 15 is 0 Å². The Morgan fingerprint density at radius 3 is 1.24 bits per heavy atom. The van der Waals surface area contributed by atoms with E-state index in [1.54, 1.807) is 11.3 Å². The fraction of sp³-hybridized carbons (Fsp3) is 0.556. The van der Waals surface area contributed by atoms with Crippen molar-refractivity contribution >= 4 is 11.3 Å². The molecule has 0 aliphatic carbocycles. The van der Waals surface area contributed by atoms with Gasteiger partial charge in [-0.1, -0.05) is 14.9 Å². The molecule has 2 heterocycles. The number of pyridine rings is 1. The van der Waals surface area contributed by atoms with Gasteiger partial charge < -0.3 is 0 Å². The monoisotopic (exact) mass is 308 g/mol. The van der Waals surface area contributed by atoms with Crippen LogP contribution in [-0.4, -0.2) is 9.97 Å². The second-order valence-electron chi connectivity index (χ2n) is 5.03. The Balaban J connectivity index is 0. The SMILES string of the molecule is C.C.Cc1nc(C)c(C)c(C)c1C.Cc1nc(C)c(C)s1. The van der Waals surface area contributed by atoms with E-state index in [2.05, 4.69) is 51.5 Å². The lowest BCUT2D eigenvalue weighted by Crippen LogP contribution is -1.98. The minimum absolute atomic E-state index is 0. The van der Waals surface area contributed by atoms with Gasteiger partial charge in [-0.2, -0.15) is 0 Å². The number of hydrogen-bond acceptors (Lipinski definition) is 3. The smallest absolute Gasteiger partial charge is 0.0899 e. The average Bonchev–Trinajstić information content (AvgIpc) is 2.62. The summed E-state index contributed by atoms with van der Waals surface area (Å²) in [5.74, 6) is 0. The maximum Gasteiger partial charge on any atom is 0.0899 e. The summed E-state index contributed by atoms with van der Waals surface area (Å²) >= 11 is 1.76. The van der Waals surface area contributed by atoms with E-state index < -0.39 is 0 Å². The maximum absolute atomic E-state index is 4.43. The molecule has 0 N–H and O–H groups in total. The number of rotatable bonds is 0. The van der Waals surface area contributed by atoms with Gasteiger partial charge in [0.05, 0.1) is 10.7 Å². The number of thiazole rings is 1. The van der Waals surface area contributed by atoms with Crippen LogP contribution < -0.4 is 0 Å². The lowest BCUT2D eigenvalue weighted by Gasteiger charge is -2.09. The van der Waals surface area contributed by atoms with E-state index in [4.69, 9.17) is 0 Å². The van der Waals surface area contributed by atoms with E-state index in [9.17, 15) is 0 Å². The molecule has 0 atom stereocenters. The Hall–Kier alpha value is -1.22. The van der Waals surface area contributed by atoms with Crippen LogP contribution in [0.5, 0.6) is 0 Å². The zero-order chi connectivity index (χ0) is 14.7. The first-order valence-electron chi connectivity index (χ1n) is 6.55. The third-order valence-electron chi connectivity index (χ3n) is 3.68. The van der Waals surface area contributed by atoms with Crippen molar-refractivity contribution < 1.29 is 0 Å². The summed E-state index contributed by atoms with van der Waals surface area (Å²) in [4.78, 5) is 10.00. The van der Waals surface area contributed by atoms with Crippen LogP contribution in [0.1, 0.15) is 58.5 Å². The quantitative estimate of drug-likeness (QED) is 0.599. The van der Waals surface area contributed by atoms with Crippen LogP contribution in [-0.2, 0) is 0 Å². The van der Waals surface area contributed by atoms with Gasteiger partial charge in [-0.15, -0.1) is 11.3 Å². The van der Waals surface area contributed by atoms with E-state index in [0.717, 1.165) is 11.4 Å². The lowest BCUT2D eigenvalue weighted by molar-refractivity contribution is 1.03. The van der Waals surface area contributed by atoms with E-state index in [1.807, 2.05) is 13.8 Å². The third-order valence-corrected chi connectivity index (χ3v) is 4.67. The van der Waals surface area contributed by atoms with Gasteiger partial charge in [0.1, 0.15) is 0 Å². The van der Waals surface area contributed by atoms with Gasteiger partial charge in [0.25, 0.3) is 0 Å². The number of aromatic nitrogens is 2. The highest BCUT2D eigenvalue weighted by molar-refractivity contribution is 7.11. The molecule has 0 unspecified atom stereocenters. The van der Waals surface area contributed by atoms with Crippen molar-refractivity contribution in [3.05, 3.63) is 43.7 Å². The summed E-state index contributed by atoms with van der Waals surface area (Å²) in [7, 11) is 0. The van der Waals surface area contributed by atoms with Crippen LogP contribution in [0.2, 0.25) is 0 Å². The second-order valence-corrected chi connectivity index (χ2v) is 6.44. The van der Waals surface area contributed by atoms with Crippen LogP contribution in [0.4, 0.5) is 0 Å². The summed E-state index contributed by atoms with van der Waals surface area (Å²) in [6.07, 6.45) is 0. The summed E-state index contributed by atoms with van der Waals surface area (Å²) in [5, 5.41) is 1.17. The molecular formula is C18H32N2S. The summed E-state index contributed by atoms with van der Waals surface area (Å²) < 4.78 is 0. The first-order valence-corrected chi connectivity index (χ1v) is 7.37. The van der Waals surface area contributed by atoms with Crippen LogP contribution >= 0.6 is 11.3 Å². The fourth-order valence-corrected chi connectivity index (χ4v) is 2.70. The molecule has 0 spiro atoms. The van der Waals surface area contributed by atoms with Gasteiger partial charge in [0, 0.05) is 16.3 Å². The fourth-order valence-electron chi connectivity index (χ4n) is 1.88. The Labute approximate surface area is 135 Å². The molecule has 0 radical (unpaired) electrons. The highest BCUT2D eigenvalue weighted by Gasteiger charge is 2.03. The molecule has 0 fully saturated rings. The highest BCUT2D eigenvalue weighted by atomic mass is 32.1. The summed E-state index contributed by atoms with van der Waals surface area (Å²) in [6, 6.07) is 0. The summed E-state index contributed by atoms with van der Waals surface area (Å²) in [6.45, 7) is 16.7. The zero-order valence-electron chi connectivity index (χ0n) is 13.3. The highest BCUT2D eigenvalue weighted by Crippen LogP contribution is 2.16. The topological polar surface area (TPSA) is 25.8 Å². The normalized spacial score (nSPS) is 9.14. The largest absolute Gasteiger partial charge is 0.258 e. The van der Waals surface area contributed by atoms with Gasteiger partial charge in [-0.05, 0) is 72.1 Å². The first-order chi connectivity index (χ1) is 8.73. The van der Waals surface area contributed by atoms with Crippen LogP contribution in [0.3, 0.4) is 0 Å². The molecule has 21 heavy (non-hydrogen) atoms. The van der Waals surface area contributed by atoms with Gasteiger partial charge in [0.15, 0.2) is 0 Å². The van der Waals surface area contributed by atoms with Crippen LogP contribution in [0, 0.1) is 55.4 Å². The molecular weight excluding hydrogens is 276 g/mol. The minimum Gasteiger partial charge on any atom is -0.258 e. The summed E-state index contributed by atoms with van der Waals surface area (Å²) in [5.41, 5.74) is 7.53. The molecule has 0 aliphatic rings. The van der Waals surface area contributed by atoms with Gasteiger partial charge >= 0.3 is 0 Å². The molecule has 0 saturated heterocycles. The van der Waals surface area contributed by atoms with Gasteiger partial charge in [-0.3, -0.25) is 4.98 Å². The number of aryl methyl sites for hydroxylation is 5. The van der Waals surface area contributed by atoms with Crippen molar-refractivity contribution in [2.24, 2.45) is 0 Å². The Morgan fingerprint density at radius 1 is 0.571 bits per heavy atom. The Bertz CT molecular complexity index is 538. The number of hydrogen-bond donors (Lipinski definition) is 0. The molecule has 2 rings (SSSR count).